The van der Waals surface area contributed by atoms with E-state index in [1.807, 2.05) is 13.0 Å². The fourth-order valence-electron chi connectivity index (χ4n) is 1.74. The van der Waals surface area contributed by atoms with Crippen molar-refractivity contribution < 1.29 is 18.7 Å². The molecule has 0 fully saturated rings. The fraction of sp³-hybridized carbons (Fsp3) is 0.0769. The molecule has 3 rings (SSSR count). The number of oxazole rings is 1. The van der Waals surface area contributed by atoms with E-state index in [0.717, 1.165) is 11.3 Å². The summed E-state index contributed by atoms with van der Waals surface area (Å²) in [5.74, 6) is 0.192. The van der Waals surface area contributed by atoms with Crippen molar-refractivity contribution in [2.45, 2.75) is 6.92 Å². The van der Waals surface area contributed by atoms with E-state index in [0.29, 0.717) is 17.0 Å². The topological polar surface area (TPSA) is 76.5 Å². The highest BCUT2D eigenvalue weighted by atomic mass is 16.4. The lowest BCUT2D eigenvalue weighted by atomic mass is 10.2. The summed E-state index contributed by atoms with van der Waals surface area (Å²) in [6, 6.07) is 6.39. The first kappa shape index (κ1) is 10.6. The van der Waals surface area contributed by atoms with Gasteiger partial charge in [-0.15, -0.1) is 0 Å². The maximum absolute atomic E-state index is 10.8. The van der Waals surface area contributed by atoms with Gasteiger partial charge in [0.25, 0.3) is 0 Å². The number of rotatable bonds is 2. The minimum atomic E-state index is -0.992. The van der Waals surface area contributed by atoms with Crippen LogP contribution in [0.25, 0.3) is 22.6 Å². The van der Waals surface area contributed by atoms with Crippen LogP contribution in [0.1, 0.15) is 16.1 Å². The van der Waals surface area contributed by atoms with E-state index in [4.69, 9.17) is 13.9 Å². The van der Waals surface area contributed by atoms with Crippen molar-refractivity contribution in [2.24, 2.45) is 0 Å². The van der Waals surface area contributed by atoms with Crippen LogP contribution in [0, 0.1) is 6.92 Å². The Morgan fingerprint density at radius 2 is 2.17 bits per heavy atom. The third-order valence-electron chi connectivity index (χ3n) is 2.61. The minimum absolute atomic E-state index is 0.175. The van der Waals surface area contributed by atoms with Gasteiger partial charge in [0.05, 0.1) is 11.1 Å². The smallest absolute Gasteiger partial charge is 0.335 e. The van der Waals surface area contributed by atoms with Gasteiger partial charge in [-0.1, -0.05) is 0 Å². The second-order valence-corrected chi connectivity index (χ2v) is 3.95. The summed E-state index contributed by atoms with van der Waals surface area (Å²) < 4.78 is 10.7. The van der Waals surface area contributed by atoms with E-state index >= 15 is 0 Å². The molecule has 2 heterocycles. The van der Waals surface area contributed by atoms with Crippen molar-refractivity contribution in [3.05, 3.63) is 41.9 Å². The van der Waals surface area contributed by atoms with Gasteiger partial charge in [-0.2, -0.15) is 0 Å². The van der Waals surface area contributed by atoms with Crippen molar-refractivity contribution in [2.75, 3.05) is 0 Å². The monoisotopic (exact) mass is 243 g/mol. The first-order valence-corrected chi connectivity index (χ1v) is 5.33. The number of furan rings is 1. The van der Waals surface area contributed by atoms with Crippen molar-refractivity contribution >= 4 is 17.1 Å². The third-order valence-corrected chi connectivity index (χ3v) is 2.61. The van der Waals surface area contributed by atoms with Crippen molar-refractivity contribution in [3.8, 4) is 11.5 Å². The minimum Gasteiger partial charge on any atom is -0.478 e. The SMILES string of the molecule is Cc1cc(-c2nc3ccc(C(=O)O)cc3o2)co1. The van der Waals surface area contributed by atoms with E-state index in [2.05, 4.69) is 4.98 Å². The Balaban J connectivity index is 2.13. The average Bonchev–Trinajstić information content (AvgIpc) is 2.93. The molecule has 3 aromatic rings. The number of aromatic nitrogens is 1. The molecule has 1 aromatic carbocycles. The lowest BCUT2D eigenvalue weighted by Crippen LogP contribution is -1.94. The Hall–Kier alpha value is -2.56. The summed E-state index contributed by atoms with van der Waals surface area (Å²) >= 11 is 0. The van der Waals surface area contributed by atoms with Gasteiger partial charge in [-0.05, 0) is 31.2 Å². The van der Waals surface area contributed by atoms with Gasteiger partial charge in [0.15, 0.2) is 5.58 Å². The number of aryl methyl sites for hydroxylation is 1. The molecule has 0 aliphatic carbocycles. The van der Waals surface area contributed by atoms with Gasteiger partial charge in [-0.3, -0.25) is 0 Å². The number of carboxylic acids is 1. The molecule has 0 bridgehead atoms. The maximum atomic E-state index is 10.8. The van der Waals surface area contributed by atoms with Crippen LogP contribution in [0.15, 0.2) is 39.4 Å². The molecule has 90 valence electrons. The molecule has 0 aliphatic rings. The van der Waals surface area contributed by atoms with Crippen LogP contribution in [-0.4, -0.2) is 16.1 Å². The van der Waals surface area contributed by atoms with Gasteiger partial charge in [0, 0.05) is 0 Å². The molecule has 0 saturated heterocycles. The van der Waals surface area contributed by atoms with Crippen LogP contribution in [0.4, 0.5) is 0 Å². The summed E-state index contributed by atoms with van der Waals surface area (Å²) in [5, 5.41) is 8.89. The largest absolute Gasteiger partial charge is 0.478 e. The number of hydrogen-bond acceptors (Lipinski definition) is 4. The molecule has 5 heteroatoms. The van der Waals surface area contributed by atoms with Gasteiger partial charge in [0.1, 0.15) is 17.5 Å². The zero-order chi connectivity index (χ0) is 12.7. The van der Waals surface area contributed by atoms with Crippen LogP contribution in [0.3, 0.4) is 0 Å². The molecule has 1 N–H and O–H groups in total. The Kier molecular flexibility index (Phi) is 2.19. The normalized spacial score (nSPS) is 10.9. The van der Waals surface area contributed by atoms with Gasteiger partial charge in [0.2, 0.25) is 5.89 Å². The number of carboxylic acid groups (broad SMARTS) is 1. The predicted molar refractivity (Wildman–Crippen MR) is 63.4 cm³/mol. The molecule has 2 aromatic heterocycles. The van der Waals surface area contributed by atoms with Crippen LogP contribution in [0.2, 0.25) is 0 Å². The number of fused-ring (bicyclic) bond motifs is 1. The quantitative estimate of drug-likeness (QED) is 0.748. The van der Waals surface area contributed by atoms with Gasteiger partial charge < -0.3 is 13.9 Å². The second kappa shape index (κ2) is 3.73. The molecule has 5 nitrogen and oxygen atoms in total. The van der Waals surface area contributed by atoms with Crippen LogP contribution in [0.5, 0.6) is 0 Å². The Morgan fingerprint density at radius 3 is 2.83 bits per heavy atom. The average molecular weight is 243 g/mol. The number of hydrogen-bond donors (Lipinski definition) is 1. The van der Waals surface area contributed by atoms with Crippen molar-refractivity contribution in [3.63, 3.8) is 0 Å². The predicted octanol–water partition coefficient (Wildman–Crippen LogP) is 3.09. The summed E-state index contributed by atoms with van der Waals surface area (Å²) in [4.78, 5) is 15.1. The van der Waals surface area contributed by atoms with Crippen molar-refractivity contribution in [1.29, 1.82) is 0 Å². The zero-order valence-corrected chi connectivity index (χ0v) is 9.51. The molecule has 0 unspecified atom stereocenters. The zero-order valence-electron chi connectivity index (χ0n) is 9.51. The van der Waals surface area contributed by atoms with Crippen LogP contribution in [-0.2, 0) is 0 Å². The van der Waals surface area contributed by atoms with E-state index in [9.17, 15) is 4.79 Å². The molecule has 0 radical (unpaired) electrons. The lowest BCUT2D eigenvalue weighted by molar-refractivity contribution is 0.0697. The lowest BCUT2D eigenvalue weighted by Gasteiger charge is -1.91. The fourth-order valence-corrected chi connectivity index (χ4v) is 1.74. The molecule has 0 aliphatic heterocycles. The third kappa shape index (κ3) is 1.66. The van der Waals surface area contributed by atoms with E-state index in [-0.39, 0.29) is 5.56 Å². The maximum Gasteiger partial charge on any atom is 0.335 e. The standard InChI is InChI=1S/C13H9NO4/c1-7-4-9(6-17-7)12-14-10-3-2-8(13(15)16)5-11(10)18-12/h2-6H,1H3,(H,15,16). The van der Waals surface area contributed by atoms with Crippen molar-refractivity contribution in [1.82, 2.24) is 4.98 Å². The molecule has 0 amide bonds. The highest BCUT2D eigenvalue weighted by Crippen LogP contribution is 2.26. The summed E-state index contributed by atoms with van der Waals surface area (Å²) in [6.45, 7) is 1.83. The highest BCUT2D eigenvalue weighted by molar-refractivity contribution is 5.92. The molecule has 0 atom stereocenters. The van der Waals surface area contributed by atoms with E-state index < -0.39 is 5.97 Å². The summed E-state index contributed by atoms with van der Waals surface area (Å²) in [6.07, 6.45) is 1.55. The van der Waals surface area contributed by atoms with Crippen LogP contribution < -0.4 is 0 Å². The Morgan fingerprint density at radius 1 is 1.33 bits per heavy atom. The second-order valence-electron chi connectivity index (χ2n) is 3.95. The first-order valence-electron chi connectivity index (χ1n) is 5.33. The Bertz CT molecular complexity index is 738. The molecular formula is C13H9NO4. The van der Waals surface area contributed by atoms with Crippen LogP contribution >= 0.6 is 0 Å². The highest BCUT2D eigenvalue weighted by Gasteiger charge is 2.12. The number of benzene rings is 1. The molecule has 0 saturated carbocycles. The number of nitrogens with zero attached hydrogens (tertiary/aromatic N) is 1. The van der Waals surface area contributed by atoms with E-state index in [1.165, 1.54) is 12.1 Å². The molecule has 18 heavy (non-hydrogen) atoms. The summed E-state index contributed by atoms with van der Waals surface area (Å²) in [7, 11) is 0. The van der Waals surface area contributed by atoms with Gasteiger partial charge >= 0.3 is 5.97 Å². The van der Waals surface area contributed by atoms with Gasteiger partial charge in [-0.25, -0.2) is 9.78 Å². The number of aromatic carboxylic acids is 1. The first-order chi connectivity index (χ1) is 8.63. The number of carbonyl (C=O) groups is 1. The summed E-state index contributed by atoms with van der Waals surface area (Å²) in [5.41, 5.74) is 1.98. The Labute approximate surface area is 102 Å². The molecular weight excluding hydrogens is 234 g/mol. The molecule has 0 spiro atoms. The van der Waals surface area contributed by atoms with E-state index in [1.54, 1.807) is 12.3 Å².